The maximum Gasteiger partial charge on any atom is 0.410 e. The molecule has 0 N–H and O–H groups in total. The van der Waals surface area contributed by atoms with Gasteiger partial charge in [-0.05, 0) is 19.3 Å². The molecule has 0 aromatic heterocycles. The van der Waals surface area contributed by atoms with Crippen LogP contribution in [0.3, 0.4) is 0 Å². The highest BCUT2D eigenvalue weighted by atomic mass is 16.6. The molecule has 0 radical (unpaired) electrons. The summed E-state index contributed by atoms with van der Waals surface area (Å²) in [7, 11) is 0. The molecule has 3 nitrogen and oxygen atoms in total. The molecule has 1 saturated heterocycles. The molecule has 0 bridgehead atoms. The van der Waals surface area contributed by atoms with Gasteiger partial charge in [0.15, 0.2) is 0 Å². The standard InChI is InChI=1S/C10H19NO2/c1-3-6-9(4-2)11-7-5-8-13-10(11)12/h9H,3-8H2,1-2H3. The topological polar surface area (TPSA) is 29.5 Å². The Kier molecular flexibility index (Phi) is 4.06. The monoisotopic (exact) mass is 185 g/mol. The van der Waals surface area contributed by atoms with Gasteiger partial charge in [0.1, 0.15) is 0 Å². The molecule has 0 saturated carbocycles. The number of hydrogen-bond donors (Lipinski definition) is 0. The van der Waals surface area contributed by atoms with Crippen LogP contribution in [0.4, 0.5) is 4.79 Å². The van der Waals surface area contributed by atoms with E-state index in [4.69, 9.17) is 4.74 Å². The van der Waals surface area contributed by atoms with E-state index in [1.54, 1.807) is 0 Å². The smallest absolute Gasteiger partial charge is 0.410 e. The van der Waals surface area contributed by atoms with Crippen LogP contribution in [0.1, 0.15) is 39.5 Å². The van der Waals surface area contributed by atoms with Gasteiger partial charge in [0, 0.05) is 12.6 Å². The molecule has 1 rings (SSSR count). The second kappa shape index (κ2) is 5.10. The van der Waals surface area contributed by atoms with Crippen LogP contribution in [-0.2, 0) is 4.74 Å². The van der Waals surface area contributed by atoms with E-state index in [1.165, 1.54) is 0 Å². The zero-order valence-electron chi connectivity index (χ0n) is 8.58. The molecule has 0 aromatic carbocycles. The first-order valence-electron chi connectivity index (χ1n) is 5.23. The zero-order valence-corrected chi connectivity index (χ0v) is 8.58. The molecule has 13 heavy (non-hydrogen) atoms. The molecule has 3 heteroatoms. The molecular formula is C10H19NO2. The summed E-state index contributed by atoms with van der Waals surface area (Å²) in [5.74, 6) is 0. The fourth-order valence-corrected chi connectivity index (χ4v) is 1.81. The fraction of sp³-hybridized carbons (Fsp3) is 0.900. The third-order valence-corrected chi connectivity index (χ3v) is 2.54. The van der Waals surface area contributed by atoms with Gasteiger partial charge in [-0.3, -0.25) is 0 Å². The van der Waals surface area contributed by atoms with E-state index in [9.17, 15) is 4.79 Å². The lowest BCUT2D eigenvalue weighted by Crippen LogP contribution is -2.44. The molecule has 0 aliphatic carbocycles. The van der Waals surface area contributed by atoms with Gasteiger partial charge >= 0.3 is 6.09 Å². The highest BCUT2D eigenvalue weighted by Crippen LogP contribution is 2.15. The van der Waals surface area contributed by atoms with Crippen LogP contribution < -0.4 is 0 Å². The Balaban J connectivity index is 2.49. The van der Waals surface area contributed by atoms with Crippen LogP contribution >= 0.6 is 0 Å². The summed E-state index contributed by atoms with van der Waals surface area (Å²) in [5, 5.41) is 0. The minimum absolute atomic E-state index is 0.119. The minimum Gasteiger partial charge on any atom is -0.449 e. The number of cyclic esters (lactones) is 1. The molecular weight excluding hydrogens is 166 g/mol. The van der Waals surface area contributed by atoms with Gasteiger partial charge in [0.05, 0.1) is 6.61 Å². The second-order valence-corrected chi connectivity index (χ2v) is 3.51. The number of carbonyl (C=O) groups is 1. The van der Waals surface area contributed by atoms with Gasteiger partial charge in [-0.25, -0.2) is 4.79 Å². The lowest BCUT2D eigenvalue weighted by Gasteiger charge is -2.33. The number of carbonyl (C=O) groups excluding carboxylic acids is 1. The molecule has 1 aliphatic heterocycles. The van der Waals surface area contributed by atoms with Crippen LogP contribution in [0.25, 0.3) is 0 Å². The average molecular weight is 185 g/mol. The van der Waals surface area contributed by atoms with Crippen molar-refractivity contribution in [2.75, 3.05) is 13.2 Å². The number of nitrogens with zero attached hydrogens (tertiary/aromatic N) is 1. The van der Waals surface area contributed by atoms with E-state index in [1.807, 2.05) is 4.90 Å². The number of amides is 1. The van der Waals surface area contributed by atoms with Crippen LogP contribution in [0, 0.1) is 0 Å². The number of hydrogen-bond acceptors (Lipinski definition) is 2. The Hall–Kier alpha value is -0.730. The van der Waals surface area contributed by atoms with Crippen LogP contribution in [0.2, 0.25) is 0 Å². The van der Waals surface area contributed by atoms with Gasteiger partial charge in [-0.2, -0.15) is 0 Å². The second-order valence-electron chi connectivity index (χ2n) is 3.51. The lowest BCUT2D eigenvalue weighted by atomic mass is 10.1. The molecule has 1 aliphatic rings. The summed E-state index contributed by atoms with van der Waals surface area (Å²) >= 11 is 0. The molecule has 76 valence electrons. The van der Waals surface area contributed by atoms with Crippen LogP contribution in [-0.4, -0.2) is 30.2 Å². The Morgan fingerprint density at radius 1 is 1.54 bits per heavy atom. The van der Waals surface area contributed by atoms with Crippen molar-refractivity contribution in [3.05, 3.63) is 0 Å². The number of rotatable bonds is 4. The summed E-state index contributed by atoms with van der Waals surface area (Å²) in [4.78, 5) is 13.3. The summed E-state index contributed by atoms with van der Waals surface area (Å²) < 4.78 is 5.01. The first kappa shape index (κ1) is 10.4. The normalized spacial score (nSPS) is 19.8. The lowest BCUT2D eigenvalue weighted by molar-refractivity contribution is 0.0522. The van der Waals surface area contributed by atoms with Crippen LogP contribution in [0.15, 0.2) is 0 Å². The predicted octanol–water partition coefficient (Wildman–Crippen LogP) is 2.41. The van der Waals surface area contributed by atoms with E-state index >= 15 is 0 Å². The summed E-state index contributed by atoms with van der Waals surface area (Å²) in [6.07, 6.45) is 4.11. The van der Waals surface area contributed by atoms with Gasteiger partial charge in [-0.15, -0.1) is 0 Å². The van der Waals surface area contributed by atoms with Crippen molar-refractivity contribution < 1.29 is 9.53 Å². The summed E-state index contributed by atoms with van der Waals surface area (Å²) in [6.45, 7) is 5.75. The van der Waals surface area contributed by atoms with E-state index in [0.29, 0.717) is 12.6 Å². The van der Waals surface area contributed by atoms with Crippen molar-refractivity contribution in [1.82, 2.24) is 4.90 Å². The van der Waals surface area contributed by atoms with Crippen molar-refractivity contribution in [3.8, 4) is 0 Å². The maximum atomic E-state index is 11.4. The minimum atomic E-state index is -0.119. The molecule has 1 fully saturated rings. The largest absolute Gasteiger partial charge is 0.449 e. The highest BCUT2D eigenvalue weighted by Gasteiger charge is 2.25. The van der Waals surface area contributed by atoms with Crippen molar-refractivity contribution in [3.63, 3.8) is 0 Å². The van der Waals surface area contributed by atoms with Crippen LogP contribution in [0.5, 0.6) is 0 Å². The predicted molar refractivity (Wildman–Crippen MR) is 51.7 cm³/mol. The molecule has 1 amide bonds. The Labute approximate surface area is 80.1 Å². The third-order valence-electron chi connectivity index (χ3n) is 2.54. The SMILES string of the molecule is CCCC(CC)N1CCCOC1=O. The van der Waals surface area contributed by atoms with E-state index in [0.717, 1.165) is 32.2 Å². The van der Waals surface area contributed by atoms with Crippen molar-refractivity contribution >= 4 is 6.09 Å². The molecule has 1 atom stereocenters. The fourth-order valence-electron chi connectivity index (χ4n) is 1.81. The Bertz CT molecular complexity index is 170. The van der Waals surface area contributed by atoms with Gasteiger partial charge in [0.2, 0.25) is 0 Å². The van der Waals surface area contributed by atoms with E-state index in [2.05, 4.69) is 13.8 Å². The molecule has 0 aromatic rings. The highest BCUT2D eigenvalue weighted by molar-refractivity contribution is 5.68. The molecule has 1 heterocycles. The number of ether oxygens (including phenoxy) is 1. The van der Waals surface area contributed by atoms with Crippen molar-refractivity contribution in [1.29, 1.82) is 0 Å². The van der Waals surface area contributed by atoms with Gasteiger partial charge in [0.25, 0.3) is 0 Å². The average Bonchev–Trinajstić information content (AvgIpc) is 2.16. The Morgan fingerprint density at radius 3 is 2.85 bits per heavy atom. The molecule has 1 unspecified atom stereocenters. The first-order chi connectivity index (χ1) is 6.29. The third kappa shape index (κ3) is 2.61. The first-order valence-corrected chi connectivity index (χ1v) is 5.23. The quantitative estimate of drug-likeness (QED) is 0.673. The summed E-state index contributed by atoms with van der Waals surface area (Å²) in [5.41, 5.74) is 0. The summed E-state index contributed by atoms with van der Waals surface area (Å²) in [6, 6.07) is 0.387. The molecule has 0 spiro atoms. The Morgan fingerprint density at radius 2 is 2.31 bits per heavy atom. The van der Waals surface area contributed by atoms with Crippen molar-refractivity contribution in [2.45, 2.75) is 45.6 Å². The van der Waals surface area contributed by atoms with E-state index < -0.39 is 0 Å². The van der Waals surface area contributed by atoms with E-state index in [-0.39, 0.29) is 6.09 Å². The maximum absolute atomic E-state index is 11.4. The zero-order chi connectivity index (χ0) is 9.68. The van der Waals surface area contributed by atoms with Gasteiger partial charge in [-0.1, -0.05) is 20.3 Å². The van der Waals surface area contributed by atoms with Gasteiger partial charge < -0.3 is 9.64 Å². The van der Waals surface area contributed by atoms with Crippen molar-refractivity contribution in [2.24, 2.45) is 0 Å².